The van der Waals surface area contributed by atoms with E-state index in [2.05, 4.69) is 26.1 Å². The van der Waals surface area contributed by atoms with E-state index in [4.69, 9.17) is 11.6 Å². The maximum Gasteiger partial charge on any atom is 0.250 e. The molecule has 0 fully saturated rings. The first kappa shape index (κ1) is 15.3. The fourth-order valence-electron chi connectivity index (χ4n) is 1.95. The number of halogens is 1. The second-order valence-corrected chi connectivity index (χ2v) is 5.96. The Morgan fingerprint density at radius 1 is 1.39 bits per heavy atom. The van der Waals surface area contributed by atoms with E-state index in [9.17, 15) is 4.79 Å². The highest BCUT2D eigenvalue weighted by Gasteiger charge is 2.23. The largest absolute Gasteiger partial charge is 0.314 e. The Labute approximate surface area is 114 Å². The van der Waals surface area contributed by atoms with Crippen molar-refractivity contribution in [3.8, 4) is 0 Å². The van der Waals surface area contributed by atoms with Crippen molar-refractivity contribution in [3.05, 3.63) is 34.7 Å². The van der Waals surface area contributed by atoms with Crippen LogP contribution in [0.5, 0.6) is 0 Å². The van der Waals surface area contributed by atoms with Crippen molar-refractivity contribution in [2.75, 3.05) is 12.4 Å². The first-order valence-corrected chi connectivity index (χ1v) is 6.93. The summed E-state index contributed by atoms with van der Waals surface area (Å²) in [6.07, 6.45) is 2.76. The van der Waals surface area contributed by atoms with Gasteiger partial charge in [-0.05, 0) is 17.9 Å². The lowest BCUT2D eigenvalue weighted by atomic mass is 9.85. The number of nitrogens with one attached hydrogen (secondary N) is 1. The Bertz CT molecular complexity index is 409. The first-order valence-electron chi connectivity index (χ1n) is 6.40. The molecule has 1 heterocycles. The number of hydrogen-bond acceptors (Lipinski definition) is 2. The third-order valence-electron chi connectivity index (χ3n) is 3.09. The summed E-state index contributed by atoms with van der Waals surface area (Å²) in [5.41, 5.74) is 0.222. The number of nitrogens with zero attached hydrogens (tertiary/aromatic N) is 1. The lowest BCUT2D eigenvalue weighted by Crippen LogP contribution is -2.42. The van der Waals surface area contributed by atoms with Crippen LogP contribution in [-0.2, 0) is 6.54 Å². The molecule has 0 spiro atoms. The predicted molar refractivity (Wildman–Crippen MR) is 77.3 cm³/mol. The molecule has 0 aromatic carbocycles. The quantitative estimate of drug-likeness (QED) is 0.806. The van der Waals surface area contributed by atoms with Gasteiger partial charge in [-0.3, -0.25) is 4.79 Å². The zero-order chi connectivity index (χ0) is 13.6. The standard InChI is InChI=1S/C14H23ClN2O/c1-14(2,3)12(7-8-15)16-9-11-17-10-5-4-6-13(17)18/h4-6,10,12,16H,7-9,11H2,1-3H3. The Balaban J connectivity index is 2.49. The highest BCUT2D eigenvalue weighted by Crippen LogP contribution is 2.21. The van der Waals surface area contributed by atoms with Crippen LogP contribution < -0.4 is 10.9 Å². The Morgan fingerprint density at radius 3 is 2.67 bits per heavy atom. The van der Waals surface area contributed by atoms with E-state index in [-0.39, 0.29) is 11.0 Å². The number of alkyl halides is 1. The second kappa shape index (κ2) is 6.95. The van der Waals surface area contributed by atoms with Crippen LogP contribution in [0.3, 0.4) is 0 Å². The Morgan fingerprint density at radius 2 is 2.11 bits per heavy atom. The SMILES string of the molecule is CC(C)(C)C(CCCl)NCCn1ccccc1=O. The number of pyridine rings is 1. The maximum atomic E-state index is 11.5. The predicted octanol–water partition coefficient (Wildman–Crippen LogP) is 2.48. The van der Waals surface area contributed by atoms with Crippen molar-refractivity contribution in [2.24, 2.45) is 5.41 Å². The van der Waals surface area contributed by atoms with Crippen LogP contribution in [0, 0.1) is 5.41 Å². The third-order valence-corrected chi connectivity index (χ3v) is 3.30. The summed E-state index contributed by atoms with van der Waals surface area (Å²) in [7, 11) is 0. The fraction of sp³-hybridized carbons (Fsp3) is 0.643. The molecular weight excluding hydrogens is 248 g/mol. The molecule has 4 heteroatoms. The Hall–Kier alpha value is -0.800. The van der Waals surface area contributed by atoms with Gasteiger partial charge in [0.2, 0.25) is 0 Å². The zero-order valence-corrected chi connectivity index (χ0v) is 12.2. The Kier molecular flexibility index (Phi) is 5.89. The topological polar surface area (TPSA) is 34.0 Å². The minimum atomic E-state index is 0.0453. The van der Waals surface area contributed by atoms with Gasteiger partial charge in [-0.15, -0.1) is 11.6 Å². The van der Waals surface area contributed by atoms with E-state index >= 15 is 0 Å². The van der Waals surface area contributed by atoms with Gasteiger partial charge < -0.3 is 9.88 Å². The molecule has 18 heavy (non-hydrogen) atoms. The van der Waals surface area contributed by atoms with Gasteiger partial charge in [0.1, 0.15) is 0 Å². The van der Waals surface area contributed by atoms with Gasteiger partial charge in [-0.2, -0.15) is 0 Å². The summed E-state index contributed by atoms with van der Waals surface area (Å²) in [6.45, 7) is 8.07. The summed E-state index contributed by atoms with van der Waals surface area (Å²) >= 11 is 5.83. The lowest BCUT2D eigenvalue weighted by Gasteiger charge is -2.31. The molecule has 102 valence electrons. The van der Waals surface area contributed by atoms with Gasteiger partial charge >= 0.3 is 0 Å². The molecule has 0 aliphatic rings. The normalized spacial score (nSPS) is 13.6. The average Bonchev–Trinajstić information content (AvgIpc) is 2.29. The smallest absolute Gasteiger partial charge is 0.250 e. The monoisotopic (exact) mass is 270 g/mol. The molecule has 1 atom stereocenters. The summed E-state index contributed by atoms with van der Waals surface area (Å²) in [5.74, 6) is 0.653. The van der Waals surface area contributed by atoms with Crippen molar-refractivity contribution < 1.29 is 0 Å². The van der Waals surface area contributed by atoms with Crippen molar-refractivity contribution in [1.29, 1.82) is 0 Å². The number of aromatic nitrogens is 1. The van der Waals surface area contributed by atoms with Crippen LogP contribution >= 0.6 is 11.6 Å². The molecule has 0 saturated heterocycles. The van der Waals surface area contributed by atoms with E-state index < -0.39 is 0 Å². The molecular formula is C14H23ClN2O. The molecule has 1 rings (SSSR count). The molecule has 1 aromatic rings. The average molecular weight is 271 g/mol. The van der Waals surface area contributed by atoms with Crippen molar-refractivity contribution >= 4 is 11.6 Å². The minimum absolute atomic E-state index is 0.0453. The maximum absolute atomic E-state index is 11.5. The van der Waals surface area contributed by atoms with Gasteiger partial charge in [0.05, 0.1) is 0 Å². The lowest BCUT2D eigenvalue weighted by molar-refractivity contribution is 0.259. The zero-order valence-electron chi connectivity index (χ0n) is 11.4. The molecule has 0 radical (unpaired) electrons. The highest BCUT2D eigenvalue weighted by atomic mass is 35.5. The van der Waals surface area contributed by atoms with Gasteiger partial charge in [-0.25, -0.2) is 0 Å². The number of rotatable bonds is 6. The molecule has 0 bridgehead atoms. The van der Waals surface area contributed by atoms with Crippen LogP contribution in [0.15, 0.2) is 29.2 Å². The van der Waals surface area contributed by atoms with Gasteiger partial charge in [0, 0.05) is 37.3 Å². The van der Waals surface area contributed by atoms with E-state index in [1.807, 2.05) is 12.3 Å². The molecule has 0 amide bonds. The molecule has 0 saturated carbocycles. The van der Waals surface area contributed by atoms with E-state index in [1.54, 1.807) is 16.7 Å². The van der Waals surface area contributed by atoms with E-state index in [1.165, 1.54) is 0 Å². The second-order valence-electron chi connectivity index (χ2n) is 5.58. The number of hydrogen-bond donors (Lipinski definition) is 1. The van der Waals surface area contributed by atoms with Crippen molar-refractivity contribution in [2.45, 2.75) is 39.8 Å². The van der Waals surface area contributed by atoms with E-state index in [0.717, 1.165) is 13.0 Å². The van der Waals surface area contributed by atoms with Crippen LogP contribution in [0.25, 0.3) is 0 Å². The van der Waals surface area contributed by atoms with Crippen LogP contribution in [-0.4, -0.2) is 23.0 Å². The summed E-state index contributed by atoms with van der Waals surface area (Å²) < 4.78 is 1.72. The van der Waals surface area contributed by atoms with Gasteiger partial charge in [0.15, 0.2) is 0 Å². The van der Waals surface area contributed by atoms with Gasteiger partial charge in [0.25, 0.3) is 5.56 Å². The molecule has 1 N–H and O–H groups in total. The van der Waals surface area contributed by atoms with Crippen molar-refractivity contribution in [3.63, 3.8) is 0 Å². The minimum Gasteiger partial charge on any atom is -0.314 e. The van der Waals surface area contributed by atoms with Crippen LogP contribution in [0.4, 0.5) is 0 Å². The molecule has 3 nitrogen and oxygen atoms in total. The summed E-state index contributed by atoms with van der Waals surface area (Å²) in [4.78, 5) is 11.5. The fourth-order valence-corrected chi connectivity index (χ4v) is 2.17. The molecule has 0 aliphatic carbocycles. The van der Waals surface area contributed by atoms with E-state index in [0.29, 0.717) is 18.5 Å². The first-order chi connectivity index (χ1) is 8.45. The molecule has 1 aromatic heterocycles. The van der Waals surface area contributed by atoms with Crippen LogP contribution in [0.2, 0.25) is 0 Å². The highest BCUT2D eigenvalue weighted by molar-refractivity contribution is 6.17. The van der Waals surface area contributed by atoms with Gasteiger partial charge in [-0.1, -0.05) is 26.8 Å². The molecule has 1 unspecified atom stereocenters. The summed E-state index contributed by atoms with van der Waals surface area (Å²) in [5, 5.41) is 3.49. The third kappa shape index (κ3) is 4.83. The van der Waals surface area contributed by atoms with Crippen molar-refractivity contribution in [1.82, 2.24) is 9.88 Å². The summed E-state index contributed by atoms with van der Waals surface area (Å²) in [6, 6.07) is 5.59. The molecule has 0 aliphatic heterocycles. The van der Waals surface area contributed by atoms with Crippen LogP contribution in [0.1, 0.15) is 27.2 Å².